The second kappa shape index (κ2) is 16.4. The smallest absolute Gasteiger partial charge is 0.324 e. The summed E-state index contributed by atoms with van der Waals surface area (Å²) in [6.45, 7) is -0.336. The molecular formula is C32H32Cl3N5O3S. The molecule has 0 saturated heterocycles. The number of thiocarbonyl (C=S) groups is 1. The van der Waals surface area contributed by atoms with Crippen LogP contribution < -0.4 is 21.3 Å². The molecule has 4 N–H and O–H groups in total. The highest BCUT2D eigenvalue weighted by Gasteiger charge is 2.35. The highest BCUT2D eigenvalue weighted by molar-refractivity contribution is 7.80. The largest absolute Gasteiger partial charge is 0.443 e. The van der Waals surface area contributed by atoms with E-state index in [2.05, 4.69) is 15.6 Å². The number of aromatic nitrogens is 1. The van der Waals surface area contributed by atoms with Crippen LogP contribution in [0.1, 0.15) is 18.6 Å². The lowest BCUT2D eigenvalue weighted by Gasteiger charge is -2.32. The summed E-state index contributed by atoms with van der Waals surface area (Å²) in [6.07, 6.45) is 3.59. The van der Waals surface area contributed by atoms with Gasteiger partial charge in [-0.05, 0) is 48.0 Å². The molecule has 1 amide bonds. The molecule has 0 fully saturated rings. The number of pyridine rings is 1. The zero-order chi connectivity index (χ0) is 30.8. The molecule has 1 unspecified atom stereocenters. The van der Waals surface area contributed by atoms with Gasteiger partial charge >= 0.3 is 5.97 Å². The lowest BCUT2D eigenvalue weighted by atomic mass is 10.1. The Hall–Kier alpha value is -3.73. The third kappa shape index (κ3) is 9.90. The molecule has 230 valence electrons. The van der Waals surface area contributed by atoms with E-state index in [1.807, 2.05) is 72.8 Å². The van der Waals surface area contributed by atoms with Crippen molar-refractivity contribution in [3.63, 3.8) is 0 Å². The van der Waals surface area contributed by atoms with Crippen LogP contribution in [0.4, 0.5) is 5.69 Å². The molecule has 0 aliphatic carbocycles. The van der Waals surface area contributed by atoms with Crippen LogP contribution in [0.5, 0.6) is 0 Å². The van der Waals surface area contributed by atoms with E-state index in [0.29, 0.717) is 11.2 Å². The predicted octanol–water partition coefficient (Wildman–Crippen LogP) is 6.15. The van der Waals surface area contributed by atoms with Crippen molar-refractivity contribution in [1.82, 2.24) is 15.6 Å². The van der Waals surface area contributed by atoms with Gasteiger partial charge in [0.2, 0.25) is 9.70 Å². The van der Waals surface area contributed by atoms with Crippen molar-refractivity contribution < 1.29 is 14.3 Å². The molecule has 1 aromatic heterocycles. The fraction of sp³-hybridized carbons (Fsp3) is 0.188. The van der Waals surface area contributed by atoms with Gasteiger partial charge < -0.3 is 21.1 Å². The van der Waals surface area contributed by atoms with Gasteiger partial charge in [0, 0.05) is 17.7 Å². The van der Waals surface area contributed by atoms with Crippen molar-refractivity contribution in [3.05, 3.63) is 114 Å². The Balaban J connectivity index is 0.00000529. The molecule has 0 spiro atoms. The van der Waals surface area contributed by atoms with Crippen LogP contribution in [-0.2, 0) is 20.7 Å². The van der Waals surface area contributed by atoms with Crippen LogP contribution in [0.2, 0.25) is 0 Å². The third-order valence-corrected chi connectivity index (χ3v) is 7.19. The second-order valence-corrected chi connectivity index (χ2v) is 12.1. The minimum atomic E-state index is -2.02. The molecule has 8 nitrogen and oxygen atoms in total. The molecule has 4 rings (SSSR count). The number of amides is 1. The van der Waals surface area contributed by atoms with Crippen LogP contribution in [0.3, 0.4) is 0 Å². The number of anilines is 1. The lowest BCUT2D eigenvalue weighted by molar-refractivity contribution is -0.144. The van der Waals surface area contributed by atoms with Crippen molar-refractivity contribution in [3.8, 4) is 0 Å². The summed E-state index contributed by atoms with van der Waals surface area (Å²) in [4.78, 5) is 31.6. The van der Waals surface area contributed by atoms with Gasteiger partial charge in [-0.1, -0.05) is 121 Å². The fourth-order valence-corrected chi connectivity index (χ4v) is 4.65. The van der Waals surface area contributed by atoms with Crippen molar-refractivity contribution in [2.24, 2.45) is 5.73 Å². The monoisotopic (exact) mass is 671 g/mol. The molecule has 12 heteroatoms. The number of nitrogens with one attached hydrogen (secondary N) is 2. The first kappa shape index (κ1) is 34.8. The van der Waals surface area contributed by atoms with Crippen LogP contribution in [0.15, 0.2) is 103 Å². The number of esters is 1. The minimum Gasteiger partial charge on any atom is -0.443 e. The van der Waals surface area contributed by atoms with E-state index in [1.165, 1.54) is 11.0 Å². The highest BCUT2D eigenvalue weighted by Crippen LogP contribution is 2.30. The Labute approximate surface area is 277 Å². The topological polar surface area (TPSA) is 110 Å². The number of rotatable bonds is 10. The maximum Gasteiger partial charge on any atom is 0.324 e. The second-order valence-electron chi connectivity index (χ2n) is 9.35. The third-order valence-electron chi connectivity index (χ3n) is 6.19. The molecule has 0 aliphatic heterocycles. The predicted molar refractivity (Wildman–Crippen MR) is 183 cm³/mol. The number of carbonyl (C=O) groups is 2. The first-order valence-corrected chi connectivity index (χ1v) is 14.6. The lowest BCUT2D eigenvalue weighted by Crippen LogP contribution is -2.58. The average Bonchev–Trinajstić information content (AvgIpc) is 3.00. The minimum absolute atomic E-state index is 0. The summed E-state index contributed by atoms with van der Waals surface area (Å²) in [5.41, 5.74) is 8.94. The number of fused-ring (bicyclic) bond motifs is 1. The molecule has 2 atom stereocenters. The molecule has 4 aromatic rings. The zero-order valence-corrected chi connectivity index (χ0v) is 25.8. The van der Waals surface area contributed by atoms with Gasteiger partial charge in [0.1, 0.15) is 12.2 Å². The number of ether oxygens (including phenoxy) is 1. The van der Waals surface area contributed by atoms with E-state index >= 15 is 0 Å². The number of carbonyl (C=O) groups excluding carboxylic acids is 2. The SMILES string of the molecule is C.N[C@@H](Cc1ccccc1)C(=O)OCN(C(=S)NC(NC(=O)/C=C/c1ccccc1)C(Cl)(Cl)Cl)c1cccc2cccnc12. The number of nitrogens with two attached hydrogens (primary N) is 1. The first-order valence-electron chi connectivity index (χ1n) is 13.1. The van der Waals surface area contributed by atoms with Crippen molar-refractivity contribution in [2.75, 3.05) is 11.6 Å². The quantitative estimate of drug-likeness (QED) is 0.0606. The van der Waals surface area contributed by atoms with Gasteiger partial charge in [-0.3, -0.25) is 19.5 Å². The van der Waals surface area contributed by atoms with Crippen molar-refractivity contribution in [2.45, 2.75) is 29.8 Å². The van der Waals surface area contributed by atoms with Gasteiger partial charge in [0.15, 0.2) is 11.8 Å². The maximum absolute atomic E-state index is 12.9. The van der Waals surface area contributed by atoms with Crippen LogP contribution >= 0.6 is 47.0 Å². The normalized spacial score (nSPS) is 12.5. The number of halogens is 3. The Morgan fingerprint density at radius 1 is 0.955 bits per heavy atom. The van der Waals surface area contributed by atoms with Crippen LogP contribution in [0.25, 0.3) is 17.0 Å². The molecule has 0 saturated carbocycles. The number of benzene rings is 3. The van der Waals surface area contributed by atoms with E-state index in [0.717, 1.165) is 16.5 Å². The summed E-state index contributed by atoms with van der Waals surface area (Å²) < 4.78 is 3.59. The average molecular weight is 673 g/mol. The Morgan fingerprint density at radius 2 is 1.61 bits per heavy atom. The van der Waals surface area contributed by atoms with Crippen molar-refractivity contribution in [1.29, 1.82) is 0 Å². The summed E-state index contributed by atoms with van der Waals surface area (Å²) in [6, 6.07) is 26.8. The van der Waals surface area contributed by atoms with Crippen molar-refractivity contribution >= 4 is 86.7 Å². The molecule has 0 aliphatic rings. The van der Waals surface area contributed by atoms with E-state index in [1.54, 1.807) is 30.5 Å². The number of nitrogens with zero attached hydrogens (tertiary/aromatic N) is 2. The molecule has 1 heterocycles. The molecular weight excluding hydrogens is 641 g/mol. The molecule has 3 aromatic carbocycles. The van der Waals surface area contributed by atoms with E-state index in [4.69, 9.17) is 57.5 Å². The number of alkyl halides is 3. The van der Waals surface area contributed by atoms with E-state index in [9.17, 15) is 9.59 Å². The van der Waals surface area contributed by atoms with E-state index in [-0.39, 0.29) is 25.7 Å². The first-order chi connectivity index (χ1) is 20.6. The summed E-state index contributed by atoms with van der Waals surface area (Å²) in [7, 11) is 0. The van der Waals surface area contributed by atoms with Gasteiger partial charge in [0.05, 0.1) is 11.2 Å². The van der Waals surface area contributed by atoms with Gasteiger partial charge in [-0.25, -0.2) is 0 Å². The Bertz CT molecular complexity index is 1580. The zero-order valence-electron chi connectivity index (χ0n) is 22.7. The highest BCUT2D eigenvalue weighted by atomic mass is 35.6. The Kier molecular flexibility index (Phi) is 12.9. The van der Waals surface area contributed by atoms with Gasteiger partial charge in [-0.15, -0.1) is 0 Å². The summed E-state index contributed by atoms with van der Waals surface area (Å²) in [5, 5.41) is 6.32. The molecule has 0 bridgehead atoms. The summed E-state index contributed by atoms with van der Waals surface area (Å²) >= 11 is 24.4. The summed E-state index contributed by atoms with van der Waals surface area (Å²) in [5.74, 6) is -1.17. The van der Waals surface area contributed by atoms with Crippen LogP contribution in [-0.4, -0.2) is 44.7 Å². The standard InChI is InChI=1S/C31H28Cl3N5O3S.CH4/c32-31(33,34)29(37-26(40)17-16-21-9-3-1-4-10-21)38-30(43)39(25-15-7-13-23-14-8-18-36-27(23)25)20-42-28(41)24(35)19-22-11-5-2-6-12-22;/h1-18,24,29H,19-20,35H2,(H,37,40)(H,38,43);1H4/b17-16+;/t24-,29?;/m0./s1. The Morgan fingerprint density at radius 3 is 2.30 bits per heavy atom. The number of hydrogen-bond donors (Lipinski definition) is 3. The van der Waals surface area contributed by atoms with Gasteiger partial charge in [0.25, 0.3) is 0 Å². The maximum atomic E-state index is 12.9. The van der Waals surface area contributed by atoms with Crippen LogP contribution in [0, 0.1) is 0 Å². The number of hydrogen-bond acceptors (Lipinski definition) is 6. The number of para-hydroxylation sites is 1. The van der Waals surface area contributed by atoms with E-state index < -0.39 is 27.9 Å². The fourth-order valence-electron chi connectivity index (χ4n) is 4.06. The molecule has 44 heavy (non-hydrogen) atoms. The molecule has 0 radical (unpaired) electrons. The van der Waals surface area contributed by atoms with Gasteiger partial charge in [-0.2, -0.15) is 0 Å².